The second-order valence-electron chi connectivity index (χ2n) is 5.10. The lowest BCUT2D eigenvalue weighted by Gasteiger charge is -2.26. The minimum Gasteiger partial charge on any atom is -0.379 e. The number of ether oxygens (including phenoxy) is 1. The van der Waals surface area contributed by atoms with Crippen molar-refractivity contribution in [1.82, 2.24) is 10.2 Å². The van der Waals surface area contributed by atoms with E-state index in [9.17, 15) is 0 Å². The molecule has 0 aromatic heterocycles. The van der Waals surface area contributed by atoms with E-state index in [1.54, 1.807) is 0 Å². The maximum Gasteiger partial charge on any atom is 0.170 e. The fourth-order valence-electron chi connectivity index (χ4n) is 2.24. The second kappa shape index (κ2) is 8.54. The summed E-state index contributed by atoms with van der Waals surface area (Å²) in [5.74, 6) is 0. The molecule has 0 bridgehead atoms. The van der Waals surface area contributed by atoms with Gasteiger partial charge in [-0.1, -0.05) is 17.7 Å². The Labute approximate surface area is 136 Å². The molecule has 116 valence electrons. The third-order valence-electron chi connectivity index (χ3n) is 3.56. The largest absolute Gasteiger partial charge is 0.379 e. The van der Waals surface area contributed by atoms with Crippen LogP contribution < -0.4 is 10.6 Å². The summed E-state index contributed by atoms with van der Waals surface area (Å²) in [5, 5.41) is 7.82. The summed E-state index contributed by atoms with van der Waals surface area (Å²) in [6, 6.07) is 5.77. The van der Waals surface area contributed by atoms with Crippen LogP contribution in [-0.2, 0) is 4.74 Å². The van der Waals surface area contributed by atoms with E-state index < -0.39 is 0 Å². The summed E-state index contributed by atoms with van der Waals surface area (Å²) in [6.45, 7) is 7.68. The average molecular weight is 328 g/mol. The van der Waals surface area contributed by atoms with Crippen LogP contribution >= 0.6 is 23.8 Å². The average Bonchev–Trinajstić information content (AvgIpc) is 2.49. The first-order valence-electron chi connectivity index (χ1n) is 7.27. The number of nitrogens with zero attached hydrogens (tertiary/aromatic N) is 1. The fourth-order valence-corrected chi connectivity index (χ4v) is 2.63. The molecule has 0 aliphatic carbocycles. The van der Waals surface area contributed by atoms with Crippen LogP contribution in [0.15, 0.2) is 18.2 Å². The van der Waals surface area contributed by atoms with E-state index in [1.807, 2.05) is 25.1 Å². The fraction of sp³-hybridized carbons (Fsp3) is 0.533. The van der Waals surface area contributed by atoms with Crippen LogP contribution in [0.4, 0.5) is 5.69 Å². The van der Waals surface area contributed by atoms with Crippen molar-refractivity contribution >= 4 is 34.6 Å². The highest BCUT2D eigenvalue weighted by molar-refractivity contribution is 7.80. The van der Waals surface area contributed by atoms with Gasteiger partial charge in [0.1, 0.15) is 0 Å². The molecule has 1 aromatic carbocycles. The van der Waals surface area contributed by atoms with Gasteiger partial charge < -0.3 is 15.4 Å². The Bertz CT molecular complexity index is 478. The summed E-state index contributed by atoms with van der Waals surface area (Å²) in [6.07, 6.45) is 1.07. The first-order chi connectivity index (χ1) is 10.2. The van der Waals surface area contributed by atoms with E-state index >= 15 is 0 Å². The third kappa shape index (κ3) is 5.43. The highest BCUT2D eigenvalue weighted by Gasteiger charge is 2.09. The number of benzene rings is 1. The lowest BCUT2D eigenvalue weighted by Crippen LogP contribution is -2.38. The van der Waals surface area contributed by atoms with Crippen molar-refractivity contribution in [3.05, 3.63) is 28.8 Å². The number of morpholine rings is 1. The molecule has 6 heteroatoms. The SMILES string of the molecule is Cc1c(Cl)cccc1NC(=S)NCCCN1CCOCC1. The molecule has 0 spiro atoms. The number of hydrogen-bond donors (Lipinski definition) is 2. The van der Waals surface area contributed by atoms with Crippen molar-refractivity contribution in [3.8, 4) is 0 Å². The maximum atomic E-state index is 6.09. The molecule has 1 heterocycles. The zero-order chi connectivity index (χ0) is 15.1. The first-order valence-corrected chi connectivity index (χ1v) is 8.05. The van der Waals surface area contributed by atoms with Gasteiger partial charge in [-0.15, -0.1) is 0 Å². The van der Waals surface area contributed by atoms with Gasteiger partial charge in [-0.25, -0.2) is 0 Å². The molecule has 1 aliphatic heterocycles. The molecule has 1 saturated heterocycles. The van der Waals surface area contributed by atoms with Crippen LogP contribution in [0.25, 0.3) is 0 Å². The highest BCUT2D eigenvalue weighted by Crippen LogP contribution is 2.22. The highest BCUT2D eigenvalue weighted by atomic mass is 35.5. The van der Waals surface area contributed by atoms with Crippen molar-refractivity contribution in [2.45, 2.75) is 13.3 Å². The molecule has 1 aliphatic rings. The summed E-state index contributed by atoms with van der Waals surface area (Å²) in [5.41, 5.74) is 1.96. The lowest BCUT2D eigenvalue weighted by molar-refractivity contribution is 0.0376. The zero-order valence-corrected chi connectivity index (χ0v) is 13.9. The smallest absolute Gasteiger partial charge is 0.170 e. The molecule has 0 unspecified atom stereocenters. The number of anilines is 1. The van der Waals surface area contributed by atoms with E-state index in [-0.39, 0.29) is 0 Å². The van der Waals surface area contributed by atoms with E-state index in [0.29, 0.717) is 5.11 Å². The topological polar surface area (TPSA) is 36.5 Å². The molecular formula is C15H22ClN3OS. The van der Waals surface area contributed by atoms with Gasteiger partial charge in [-0.3, -0.25) is 4.90 Å². The van der Waals surface area contributed by atoms with Gasteiger partial charge in [0.15, 0.2) is 5.11 Å². The van der Waals surface area contributed by atoms with E-state index in [2.05, 4.69) is 15.5 Å². The number of thiocarbonyl (C=S) groups is 1. The van der Waals surface area contributed by atoms with Crippen molar-refractivity contribution in [2.24, 2.45) is 0 Å². The molecule has 21 heavy (non-hydrogen) atoms. The van der Waals surface area contributed by atoms with Crippen LogP contribution in [0.5, 0.6) is 0 Å². The minimum absolute atomic E-state index is 0.641. The number of nitrogens with one attached hydrogen (secondary N) is 2. The predicted molar refractivity (Wildman–Crippen MR) is 92.3 cm³/mol. The van der Waals surface area contributed by atoms with E-state index in [4.69, 9.17) is 28.6 Å². The van der Waals surface area contributed by atoms with E-state index in [1.165, 1.54) is 0 Å². The Balaban J connectivity index is 1.66. The van der Waals surface area contributed by atoms with Gasteiger partial charge in [0.05, 0.1) is 13.2 Å². The van der Waals surface area contributed by atoms with Crippen LogP contribution in [0.3, 0.4) is 0 Å². The molecular weight excluding hydrogens is 306 g/mol. The predicted octanol–water partition coefficient (Wildman–Crippen LogP) is 2.66. The lowest BCUT2D eigenvalue weighted by atomic mass is 10.2. The Morgan fingerprint density at radius 1 is 1.38 bits per heavy atom. The summed E-state index contributed by atoms with van der Waals surface area (Å²) in [4.78, 5) is 2.42. The molecule has 0 amide bonds. The van der Waals surface area contributed by atoms with Gasteiger partial charge in [0, 0.05) is 30.3 Å². The molecule has 4 nitrogen and oxygen atoms in total. The molecule has 1 aromatic rings. The van der Waals surface area contributed by atoms with Crippen LogP contribution in [0.2, 0.25) is 5.02 Å². The van der Waals surface area contributed by atoms with Gasteiger partial charge in [0.2, 0.25) is 0 Å². The van der Waals surface area contributed by atoms with Gasteiger partial charge in [-0.2, -0.15) is 0 Å². The van der Waals surface area contributed by atoms with Gasteiger partial charge in [0.25, 0.3) is 0 Å². The molecule has 0 atom stereocenters. The van der Waals surface area contributed by atoms with Crippen LogP contribution in [0.1, 0.15) is 12.0 Å². The van der Waals surface area contributed by atoms with Gasteiger partial charge in [-0.05, 0) is 49.8 Å². The first kappa shape index (κ1) is 16.5. The molecule has 0 saturated carbocycles. The molecule has 0 radical (unpaired) electrons. The Morgan fingerprint density at radius 3 is 2.90 bits per heavy atom. The monoisotopic (exact) mass is 327 g/mol. The number of halogens is 1. The second-order valence-corrected chi connectivity index (χ2v) is 5.92. The molecule has 2 N–H and O–H groups in total. The van der Waals surface area contributed by atoms with Gasteiger partial charge >= 0.3 is 0 Å². The van der Waals surface area contributed by atoms with E-state index in [0.717, 1.165) is 62.1 Å². The Hall–Kier alpha value is -0.880. The summed E-state index contributed by atoms with van der Waals surface area (Å²) in [7, 11) is 0. The van der Waals surface area contributed by atoms with Crippen molar-refractivity contribution < 1.29 is 4.74 Å². The Morgan fingerprint density at radius 2 is 2.14 bits per heavy atom. The minimum atomic E-state index is 0.641. The van der Waals surface area contributed by atoms with Crippen LogP contribution in [-0.4, -0.2) is 49.4 Å². The normalized spacial score (nSPS) is 15.7. The standard InChI is InChI=1S/C15H22ClN3OS/c1-12-13(16)4-2-5-14(12)18-15(21)17-6-3-7-19-8-10-20-11-9-19/h2,4-5H,3,6-11H2,1H3,(H2,17,18,21). The van der Waals surface area contributed by atoms with Crippen molar-refractivity contribution in [3.63, 3.8) is 0 Å². The number of hydrogen-bond acceptors (Lipinski definition) is 3. The van der Waals surface area contributed by atoms with Crippen molar-refractivity contribution in [1.29, 1.82) is 0 Å². The molecule has 2 rings (SSSR count). The summed E-state index contributed by atoms with van der Waals surface area (Å²) < 4.78 is 5.33. The Kier molecular flexibility index (Phi) is 6.70. The molecule has 1 fully saturated rings. The third-order valence-corrected chi connectivity index (χ3v) is 4.21. The van der Waals surface area contributed by atoms with Crippen molar-refractivity contribution in [2.75, 3.05) is 44.7 Å². The summed E-state index contributed by atoms with van der Waals surface area (Å²) >= 11 is 11.4. The van der Waals surface area contributed by atoms with Crippen LogP contribution in [0, 0.1) is 6.92 Å². The number of rotatable bonds is 5. The quantitative estimate of drug-likeness (QED) is 0.642. The maximum absolute atomic E-state index is 6.09. The zero-order valence-electron chi connectivity index (χ0n) is 12.3.